The van der Waals surface area contributed by atoms with Gasteiger partial charge < -0.3 is 14.9 Å². The molecule has 4 rings (SSSR count). The van der Waals surface area contributed by atoms with Crippen molar-refractivity contribution in [2.24, 2.45) is 0 Å². The van der Waals surface area contributed by atoms with E-state index in [0.29, 0.717) is 0 Å². The molecule has 32 heavy (non-hydrogen) atoms. The number of hydrogen-bond donors (Lipinski definition) is 2. The minimum Gasteiger partial charge on any atom is -0.507 e. The van der Waals surface area contributed by atoms with Crippen molar-refractivity contribution in [1.29, 1.82) is 0 Å². The van der Waals surface area contributed by atoms with Gasteiger partial charge in [0.15, 0.2) is 0 Å². The Kier molecular flexibility index (Phi) is 5.59. The number of carbonyl (C=O) groups is 2. The zero-order valence-corrected chi connectivity index (χ0v) is 17.5. The Labute approximate surface area is 187 Å². The molecule has 1 heterocycles. The number of amides is 1. The highest BCUT2D eigenvalue weighted by molar-refractivity contribution is 6.52. The van der Waals surface area contributed by atoms with Crippen molar-refractivity contribution in [2.75, 3.05) is 12.0 Å². The number of benzene rings is 3. The fraction of sp³-hybridized carbons (Fsp3) is 0.0833. The molecule has 1 amide bonds. The van der Waals surface area contributed by atoms with Crippen molar-refractivity contribution < 1.29 is 28.9 Å². The van der Waals surface area contributed by atoms with Crippen LogP contribution in [-0.4, -0.2) is 29.0 Å². The van der Waals surface area contributed by atoms with E-state index in [1.165, 1.54) is 55.6 Å². The van der Waals surface area contributed by atoms with Gasteiger partial charge in [0, 0.05) is 10.6 Å². The standard InChI is InChI=1S/C24H17ClFNO5/c1-32-19-11-10-13(25)12-15(19)22(29)20-21(14-6-2-3-7-16(14)26)27(24(31)23(20)30)17-8-4-5-9-18(17)28/h2-12,21,28-29H,1H3/b22-20+. The topological polar surface area (TPSA) is 87.1 Å². The fourth-order valence-electron chi connectivity index (χ4n) is 3.75. The molecule has 0 bridgehead atoms. The van der Waals surface area contributed by atoms with Gasteiger partial charge >= 0.3 is 0 Å². The Bertz CT molecular complexity index is 1270. The number of halogens is 2. The lowest BCUT2D eigenvalue weighted by Gasteiger charge is -2.26. The quantitative estimate of drug-likeness (QED) is 0.336. The molecule has 1 aliphatic rings. The first kappa shape index (κ1) is 21.4. The summed E-state index contributed by atoms with van der Waals surface area (Å²) in [5.74, 6) is -3.41. The van der Waals surface area contributed by atoms with Crippen LogP contribution in [0.4, 0.5) is 10.1 Å². The molecule has 3 aromatic rings. The molecule has 1 aliphatic heterocycles. The summed E-state index contributed by atoms with van der Waals surface area (Å²) in [6.07, 6.45) is 0. The van der Waals surface area contributed by atoms with E-state index in [4.69, 9.17) is 16.3 Å². The van der Waals surface area contributed by atoms with E-state index in [1.807, 2.05) is 0 Å². The van der Waals surface area contributed by atoms with Crippen molar-refractivity contribution in [3.8, 4) is 11.5 Å². The zero-order valence-electron chi connectivity index (χ0n) is 16.8. The number of methoxy groups -OCH3 is 1. The van der Waals surface area contributed by atoms with Crippen LogP contribution >= 0.6 is 11.6 Å². The maximum absolute atomic E-state index is 14.9. The summed E-state index contributed by atoms with van der Waals surface area (Å²) in [6.45, 7) is 0. The van der Waals surface area contributed by atoms with Gasteiger partial charge in [-0.2, -0.15) is 0 Å². The molecule has 0 aromatic heterocycles. The zero-order chi connectivity index (χ0) is 23.0. The number of aliphatic hydroxyl groups is 1. The average molecular weight is 454 g/mol. The van der Waals surface area contributed by atoms with E-state index in [-0.39, 0.29) is 38.9 Å². The Morgan fingerprint density at radius 3 is 2.44 bits per heavy atom. The first-order valence-corrected chi connectivity index (χ1v) is 9.90. The highest BCUT2D eigenvalue weighted by atomic mass is 35.5. The Hall–Kier alpha value is -3.84. The summed E-state index contributed by atoms with van der Waals surface area (Å²) in [7, 11) is 1.37. The molecular weight excluding hydrogens is 437 g/mol. The molecule has 3 aromatic carbocycles. The number of phenolic OH excluding ortho intramolecular Hbond substituents is 1. The van der Waals surface area contributed by atoms with E-state index in [1.54, 1.807) is 18.2 Å². The maximum Gasteiger partial charge on any atom is 0.300 e. The SMILES string of the molecule is COc1ccc(Cl)cc1/C(O)=C1\C(=O)C(=O)N(c2ccccc2O)C1c1ccccc1F. The van der Waals surface area contributed by atoms with Crippen molar-refractivity contribution >= 4 is 34.7 Å². The van der Waals surface area contributed by atoms with Crippen LogP contribution in [0.15, 0.2) is 72.3 Å². The van der Waals surface area contributed by atoms with Gasteiger partial charge in [-0.15, -0.1) is 0 Å². The second-order valence-electron chi connectivity index (χ2n) is 7.02. The monoisotopic (exact) mass is 453 g/mol. The number of Topliss-reactive ketones (excluding diaryl/α,β-unsaturated/α-hetero) is 1. The van der Waals surface area contributed by atoms with E-state index in [9.17, 15) is 24.2 Å². The van der Waals surface area contributed by atoms with Gasteiger partial charge in [0.25, 0.3) is 11.7 Å². The van der Waals surface area contributed by atoms with Crippen molar-refractivity contribution in [3.05, 3.63) is 94.3 Å². The van der Waals surface area contributed by atoms with Crippen LogP contribution in [0.25, 0.3) is 5.76 Å². The Morgan fingerprint density at radius 2 is 1.75 bits per heavy atom. The first-order valence-electron chi connectivity index (χ1n) is 9.52. The van der Waals surface area contributed by atoms with Crippen LogP contribution in [0, 0.1) is 5.82 Å². The van der Waals surface area contributed by atoms with Crippen molar-refractivity contribution in [1.82, 2.24) is 0 Å². The number of para-hydroxylation sites is 2. The molecule has 1 unspecified atom stereocenters. The smallest absolute Gasteiger partial charge is 0.300 e. The minimum atomic E-state index is -1.34. The molecule has 0 radical (unpaired) electrons. The summed E-state index contributed by atoms with van der Waals surface area (Å²) in [5.41, 5.74) is -0.321. The van der Waals surface area contributed by atoms with Crippen molar-refractivity contribution in [2.45, 2.75) is 6.04 Å². The van der Waals surface area contributed by atoms with Gasteiger partial charge in [0.2, 0.25) is 0 Å². The van der Waals surface area contributed by atoms with Crippen LogP contribution in [0.5, 0.6) is 11.5 Å². The highest BCUT2D eigenvalue weighted by Crippen LogP contribution is 2.46. The van der Waals surface area contributed by atoms with Crippen LogP contribution in [0.3, 0.4) is 0 Å². The Morgan fingerprint density at radius 1 is 1.06 bits per heavy atom. The van der Waals surface area contributed by atoms with Gasteiger partial charge in [-0.1, -0.05) is 41.9 Å². The molecule has 1 saturated heterocycles. The molecule has 2 N–H and O–H groups in total. The van der Waals surface area contributed by atoms with E-state index >= 15 is 0 Å². The average Bonchev–Trinajstić information content (AvgIpc) is 3.04. The number of nitrogens with zero attached hydrogens (tertiary/aromatic N) is 1. The minimum absolute atomic E-state index is 0.0000351. The van der Waals surface area contributed by atoms with Gasteiger partial charge in [-0.3, -0.25) is 14.5 Å². The molecule has 0 aliphatic carbocycles. The molecular formula is C24H17ClFNO5. The number of aromatic hydroxyl groups is 1. The molecule has 0 spiro atoms. The van der Waals surface area contributed by atoms with Crippen LogP contribution in [0.2, 0.25) is 5.02 Å². The summed E-state index contributed by atoms with van der Waals surface area (Å²) in [6, 6.07) is 14.5. The lowest BCUT2D eigenvalue weighted by atomic mass is 9.94. The molecule has 6 nitrogen and oxygen atoms in total. The third-order valence-corrected chi connectivity index (χ3v) is 5.44. The number of rotatable bonds is 4. The summed E-state index contributed by atoms with van der Waals surface area (Å²) >= 11 is 6.07. The molecule has 1 fully saturated rings. The maximum atomic E-state index is 14.9. The third kappa shape index (κ3) is 3.46. The van der Waals surface area contributed by atoms with E-state index < -0.39 is 29.3 Å². The number of aliphatic hydroxyl groups excluding tert-OH is 1. The molecule has 8 heteroatoms. The van der Waals surface area contributed by atoms with Gasteiger partial charge in [-0.05, 0) is 36.4 Å². The third-order valence-electron chi connectivity index (χ3n) is 5.20. The van der Waals surface area contributed by atoms with Gasteiger partial charge in [0.05, 0.1) is 30.0 Å². The largest absolute Gasteiger partial charge is 0.507 e. The highest BCUT2D eigenvalue weighted by Gasteiger charge is 2.48. The number of hydrogen-bond acceptors (Lipinski definition) is 5. The summed E-state index contributed by atoms with van der Waals surface area (Å²) in [4.78, 5) is 27.1. The Balaban J connectivity index is 2.04. The number of anilines is 1. The summed E-state index contributed by atoms with van der Waals surface area (Å²) in [5, 5.41) is 21.8. The predicted molar refractivity (Wildman–Crippen MR) is 117 cm³/mol. The number of phenols is 1. The first-order chi connectivity index (χ1) is 15.3. The second-order valence-corrected chi connectivity index (χ2v) is 7.46. The van der Waals surface area contributed by atoms with E-state index in [2.05, 4.69) is 0 Å². The van der Waals surface area contributed by atoms with Crippen molar-refractivity contribution in [3.63, 3.8) is 0 Å². The van der Waals surface area contributed by atoms with Crippen LogP contribution in [0.1, 0.15) is 17.2 Å². The molecule has 1 atom stereocenters. The molecule has 162 valence electrons. The normalized spacial score (nSPS) is 17.6. The van der Waals surface area contributed by atoms with Gasteiger partial charge in [-0.25, -0.2) is 4.39 Å². The second kappa shape index (κ2) is 8.36. The molecule has 0 saturated carbocycles. The van der Waals surface area contributed by atoms with Crippen LogP contribution < -0.4 is 9.64 Å². The van der Waals surface area contributed by atoms with Gasteiger partial charge in [0.1, 0.15) is 23.1 Å². The lowest BCUT2D eigenvalue weighted by Crippen LogP contribution is -2.29. The predicted octanol–water partition coefficient (Wildman–Crippen LogP) is 4.82. The van der Waals surface area contributed by atoms with E-state index in [0.717, 1.165) is 4.90 Å². The number of ether oxygens (including phenoxy) is 1. The fourth-order valence-corrected chi connectivity index (χ4v) is 3.92. The van der Waals surface area contributed by atoms with Crippen LogP contribution in [-0.2, 0) is 9.59 Å². The number of ketones is 1. The summed E-state index contributed by atoms with van der Waals surface area (Å²) < 4.78 is 20.1. The number of carbonyl (C=O) groups excluding carboxylic acids is 2. The lowest BCUT2D eigenvalue weighted by molar-refractivity contribution is -0.132.